The molecule has 102 valence electrons. The SMILES string of the molecule is NC1(c2ncc(-c3nc4c(Cl)cccc4[nH]3)[nH]2)CCC1. The summed E-state index contributed by atoms with van der Waals surface area (Å²) >= 11 is 6.14. The molecule has 0 bridgehead atoms. The van der Waals surface area contributed by atoms with Gasteiger partial charge in [-0.25, -0.2) is 9.97 Å². The first-order valence-electron chi connectivity index (χ1n) is 6.65. The van der Waals surface area contributed by atoms with Crippen molar-refractivity contribution in [2.75, 3.05) is 0 Å². The molecule has 0 spiro atoms. The Kier molecular flexibility index (Phi) is 2.43. The number of hydrogen-bond donors (Lipinski definition) is 3. The molecule has 0 atom stereocenters. The van der Waals surface area contributed by atoms with Crippen molar-refractivity contribution in [2.45, 2.75) is 24.8 Å². The van der Waals surface area contributed by atoms with Crippen molar-refractivity contribution in [3.63, 3.8) is 0 Å². The number of benzene rings is 1. The van der Waals surface area contributed by atoms with Crippen molar-refractivity contribution < 1.29 is 0 Å². The highest BCUT2D eigenvalue weighted by Crippen LogP contribution is 2.37. The molecule has 0 unspecified atom stereocenters. The third kappa shape index (κ3) is 1.67. The van der Waals surface area contributed by atoms with Crippen molar-refractivity contribution in [2.24, 2.45) is 5.73 Å². The maximum absolute atomic E-state index is 6.27. The van der Waals surface area contributed by atoms with Gasteiger partial charge in [-0.3, -0.25) is 0 Å². The Morgan fingerprint density at radius 3 is 2.80 bits per heavy atom. The first-order chi connectivity index (χ1) is 9.66. The summed E-state index contributed by atoms with van der Waals surface area (Å²) in [5.41, 5.74) is 8.50. The molecule has 2 aromatic heterocycles. The third-order valence-corrected chi connectivity index (χ3v) is 4.32. The fourth-order valence-electron chi connectivity index (χ4n) is 2.61. The summed E-state index contributed by atoms with van der Waals surface area (Å²) in [5, 5.41) is 0.638. The Balaban J connectivity index is 1.77. The minimum Gasteiger partial charge on any atom is -0.338 e. The molecule has 2 heterocycles. The molecule has 3 aromatic rings. The molecule has 5 nitrogen and oxygen atoms in total. The maximum Gasteiger partial charge on any atom is 0.156 e. The van der Waals surface area contributed by atoms with Crippen LogP contribution >= 0.6 is 11.6 Å². The van der Waals surface area contributed by atoms with E-state index in [-0.39, 0.29) is 5.54 Å². The van der Waals surface area contributed by atoms with Crippen molar-refractivity contribution in [1.82, 2.24) is 19.9 Å². The average Bonchev–Trinajstić information content (AvgIpc) is 3.02. The van der Waals surface area contributed by atoms with Crippen LogP contribution in [0.15, 0.2) is 24.4 Å². The molecular weight excluding hydrogens is 274 g/mol. The van der Waals surface area contributed by atoms with E-state index in [1.165, 1.54) is 0 Å². The number of aromatic amines is 2. The van der Waals surface area contributed by atoms with Crippen LogP contribution in [0.4, 0.5) is 0 Å². The number of fused-ring (bicyclic) bond motifs is 1. The molecule has 1 fully saturated rings. The number of para-hydroxylation sites is 1. The van der Waals surface area contributed by atoms with E-state index in [9.17, 15) is 0 Å². The van der Waals surface area contributed by atoms with Crippen LogP contribution in [0.2, 0.25) is 5.02 Å². The fraction of sp³-hybridized carbons (Fsp3) is 0.286. The summed E-state index contributed by atoms with van der Waals surface area (Å²) < 4.78 is 0. The second kappa shape index (κ2) is 4.07. The van der Waals surface area contributed by atoms with E-state index in [0.29, 0.717) is 5.02 Å². The lowest BCUT2D eigenvalue weighted by Gasteiger charge is -2.35. The molecule has 1 saturated carbocycles. The summed E-state index contributed by atoms with van der Waals surface area (Å²) in [6.45, 7) is 0. The first kappa shape index (κ1) is 11.9. The molecule has 1 aliphatic carbocycles. The van der Waals surface area contributed by atoms with Gasteiger partial charge in [0.05, 0.1) is 22.3 Å². The van der Waals surface area contributed by atoms with Crippen molar-refractivity contribution in [1.29, 1.82) is 0 Å². The van der Waals surface area contributed by atoms with Gasteiger partial charge in [-0.2, -0.15) is 0 Å². The van der Waals surface area contributed by atoms with Gasteiger partial charge in [-0.15, -0.1) is 0 Å². The molecule has 6 heteroatoms. The number of halogens is 1. The lowest BCUT2D eigenvalue weighted by Crippen LogP contribution is -2.44. The molecular formula is C14H14ClN5. The summed E-state index contributed by atoms with van der Waals surface area (Å²) in [5.74, 6) is 1.57. The molecule has 0 saturated heterocycles. The van der Waals surface area contributed by atoms with Crippen LogP contribution in [0.25, 0.3) is 22.6 Å². The predicted molar refractivity (Wildman–Crippen MR) is 78.4 cm³/mol. The van der Waals surface area contributed by atoms with E-state index < -0.39 is 0 Å². The number of rotatable bonds is 2. The Labute approximate surface area is 120 Å². The monoisotopic (exact) mass is 287 g/mol. The molecule has 1 aliphatic rings. The van der Waals surface area contributed by atoms with Crippen molar-refractivity contribution >= 4 is 22.6 Å². The quantitative estimate of drug-likeness (QED) is 0.677. The Morgan fingerprint density at radius 2 is 2.10 bits per heavy atom. The van der Waals surface area contributed by atoms with Crippen LogP contribution < -0.4 is 5.73 Å². The molecule has 20 heavy (non-hydrogen) atoms. The van der Waals surface area contributed by atoms with Crippen LogP contribution in [0.1, 0.15) is 25.1 Å². The highest BCUT2D eigenvalue weighted by molar-refractivity contribution is 6.34. The first-order valence-corrected chi connectivity index (χ1v) is 7.02. The number of H-pyrrole nitrogens is 2. The molecule has 1 aromatic carbocycles. The maximum atomic E-state index is 6.27. The van der Waals surface area contributed by atoms with Crippen LogP contribution in [0, 0.1) is 0 Å². The minimum absolute atomic E-state index is 0.290. The number of nitrogens with two attached hydrogens (primary N) is 1. The van der Waals surface area contributed by atoms with Gasteiger partial charge in [0.25, 0.3) is 0 Å². The summed E-state index contributed by atoms with van der Waals surface area (Å²) in [6.07, 6.45) is 4.89. The lowest BCUT2D eigenvalue weighted by atomic mass is 9.77. The van der Waals surface area contributed by atoms with Gasteiger partial charge in [0.2, 0.25) is 0 Å². The summed E-state index contributed by atoms with van der Waals surface area (Å²) in [6, 6.07) is 5.68. The Morgan fingerprint density at radius 1 is 1.25 bits per heavy atom. The zero-order valence-electron chi connectivity index (χ0n) is 10.8. The van der Waals surface area contributed by atoms with Gasteiger partial charge in [0.15, 0.2) is 5.82 Å². The standard InChI is InChI=1S/C14H14ClN5/c15-8-3-1-4-9-11(8)20-12(18-9)10-7-17-13(19-10)14(16)5-2-6-14/h1,3-4,7H,2,5-6,16H2,(H,17,19)(H,18,20). The lowest BCUT2D eigenvalue weighted by molar-refractivity contribution is 0.240. The molecule has 0 amide bonds. The normalized spacial score (nSPS) is 17.3. The highest BCUT2D eigenvalue weighted by Gasteiger charge is 2.37. The van der Waals surface area contributed by atoms with Gasteiger partial charge < -0.3 is 15.7 Å². The second-order valence-corrected chi connectivity index (χ2v) is 5.78. The summed E-state index contributed by atoms with van der Waals surface area (Å²) in [4.78, 5) is 15.5. The topological polar surface area (TPSA) is 83.4 Å². The molecule has 0 aliphatic heterocycles. The average molecular weight is 288 g/mol. The fourth-order valence-corrected chi connectivity index (χ4v) is 2.83. The van der Waals surface area contributed by atoms with E-state index in [1.54, 1.807) is 6.20 Å². The number of hydrogen-bond acceptors (Lipinski definition) is 3. The smallest absolute Gasteiger partial charge is 0.156 e. The zero-order valence-corrected chi connectivity index (χ0v) is 11.5. The number of nitrogens with one attached hydrogen (secondary N) is 2. The van der Waals surface area contributed by atoms with Crippen LogP contribution in [-0.4, -0.2) is 19.9 Å². The minimum atomic E-state index is -0.290. The van der Waals surface area contributed by atoms with Crippen molar-refractivity contribution in [3.05, 3.63) is 35.2 Å². The zero-order chi connectivity index (χ0) is 13.7. The number of imidazole rings is 2. The van der Waals surface area contributed by atoms with Gasteiger partial charge in [-0.05, 0) is 31.4 Å². The summed E-state index contributed by atoms with van der Waals surface area (Å²) in [7, 11) is 0. The largest absolute Gasteiger partial charge is 0.338 e. The van der Waals surface area contributed by atoms with Gasteiger partial charge in [0.1, 0.15) is 17.0 Å². The predicted octanol–water partition coefficient (Wildman–Crippen LogP) is 2.94. The highest BCUT2D eigenvalue weighted by atomic mass is 35.5. The third-order valence-electron chi connectivity index (χ3n) is 4.01. The van der Waals surface area contributed by atoms with E-state index in [4.69, 9.17) is 17.3 Å². The van der Waals surface area contributed by atoms with Crippen LogP contribution in [0.5, 0.6) is 0 Å². The Hall–Kier alpha value is -1.85. The van der Waals surface area contributed by atoms with Gasteiger partial charge in [-0.1, -0.05) is 17.7 Å². The van der Waals surface area contributed by atoms with Crippen LogP contribution in [-0.2, 0) is 5.54 Å². The molecule has 4 rings (SSSR count). The van der Waals surface area contributed by atoms with Gasteiger partial charge in [0, 0.05) is 0 Å². The van der Waals surface area contributed by atoms with Crippen LogP contribution in [0.3, 0.4) is 0 Å². The Bertz CT molecular complexity index is 784. The van der Waals surface area contributed by atoms with Crippen molar-refractivity contribution in [3.8, 4) is 11.5 Å². The molecule has 0 radical (unpaired) electrons. The van der Waals surface area contributed by atoms with E-state index in [1.807, 2.05) is 18.2 Å². The molecule has 4 N–H and O–H groups in total. The van der Waals surface area contributed by atoms with E-state index in [2.05, 4.69) is 19.9 Å². The second-order valence-electron chi connectivity index (χ2n) is 5.38. The number of nitrogens with zero attached hydrogens (tertiary/aromatic N) is 2. The number of aromatic nitrogens is 4. The van der Waals surface area contributed by atoms with E-state index >= 15 is 0 Å². The van der Waals surface area contributed by atoms with E-state index in [0.717, 1.165) is 47.6 Å². The van der Waals surface area contributed by atoms with Gasteiger partial charge >= 0.3 is 0 Å².